The molecule has 1 N–H and O–H groups in total. The summed E-state index contributed by atoms with van der Waals surface area (Å²) in [7, 11) is 0. The van der Waals surface area contributed by atoms with E-state index in [0.717, 1.165) is 6.42 Å². The Morgan fingerprint density at radius 2 is 2.10 bits per heavy atom. The van der Waals surface area contributed by atoms with E-state index in [9.17, 15) is 14.0 Å². The van der Waals surface area contributed by atoms with E-state index in [1.807, 2.05) is 6.92 Å². The number of carbonyl (C=O) groups is 1. The number of nitrogens with one attached hydrogen (secondary N) is 1. The number of halogens is 1. The number of Topliss-reactive ketones (excluding diaryl/α,β-unsaturated/α-hetero) is 1. The third-order valence-corrected chi connectivity index (χ3v) is 4.04. The van der Waals surface area contributed by atoms with Gasteiger partial charge in [0, 0.05) is 12.1 Å². The molecule has 0 aliphatic carbocycles. The molecule has 1 aromatic carbocycles. The molecule has 5 nitrogen and oxygen atoms in total. The predicted octanol–water partition coefficient (Wildman–Crippen LogP) is 2.48. The Labute approximate surface area is 125 Å². The van der Waals surface area contributed by atoms with Crippen LogP contribution in [0, 0.1) is 5.82 Å². The Morgan fingerprint density at radius 1 is 1.43 bits per heavy atom. The maximum Gasteiger partial charge on any atom is 0.343 e. The van der Waals surface area contributed by atoms with Crippen molar-refractivity contribution in [3.8, 4) is 0 Å². The van der Waals surface area contributed by atoms with E-state index in [1.165, 1.54) is 40.6 Å². The average molecular weight is 309 g/mol. The standard InChI is InChI=1S/C14H16FN3O2S/c1-3-8-18-13(20)16-17-14(18)21-9(2)12(19)10-4-6-11(15)7-5-10/h4-7,9H,3,8H2,1-2H3,(H,16,20). The highest BCUT2D eigenvalue weighted by molar-refractivity contribution is 8.00. The summed E-state index contributed by atoms with van der Waals surface area (Å²) in [5.74, 6) is -0.505. The van der Waals surface area contributed by atoms with E-state index in [-0.39, 0.29) is 17.3 Å². The minimum absolute atomic E-state index is 0.126. The summed E-state index contributed by atoms with van der Waals surface area (Å²) in [6.07, 6.45) is 0.799. The quantitative estimate of drug-likeness (QED) is 0.657. The Kier molecular flexibility index (Phi) is 4.95. The molecule has 2 rings (SSSR count). The lowest BCUT2D eigenvalue weighted by molar-refractivity contribution is 0.0994. The van der Waals surface area contributed by atoms with Gasteiger partial charge < -0.3 is 0 Å². The lowest BCUT2D eigenvalue weighted by Crippen LogP contribution is -2.19. The summed E-state index contributed by atoms with van der Waals surface area (Å²) in [4.78, 5) is 23.9. The molecule has 1 heterocycles. The molecule has 112 valence electrons. The molecular weight excluding hydrogens is 293 g/mol. The van der Waals surface area contributed by atoms with Crippen LogP contribution in [-0.4, -0.2) is 25.8 Å². The van der Waals surface area contributed by atoms with Crippen LogP contribution in [0.25, 0.3) is 0 Å². The molecule has 0 aliphatic rings. The summed E-state index contributed by atoms with van der Waals surface area (Å²) in [5, 5.41) is 6.41. The molecule has 1 aromatic heterocycles. The minimum Gasteiger partial charge on any atom is -0.293 e. The van der Waals surface area contributed by atoms with Crippen LogP contribution in [0.3, 0.4) is 0 Å². The highest BCUT2D eigenvalue weighted by Gasteiger charge is 2.20. The van der Waals surface area contributed by atoms with Gasteiger partial charge in [0.15, 0.2) is 10.9 Å². The van der Waals surface area contributed by atoms with Gasteiger partial charge in [-0.15, -0.1) is 5.10 Å². The molecule has 0 bridgehead atoms. The van der Waals surface area contributed by atoms with Crippen LogP contribution in [-0.2, 0) is 6.54 Å². The fourth-order valence-electron chi connectivity index (χ4n) is 1.87. The number of carbonyl (C=O) groups excluding carboxylic acids is 1. The van der Waals surface area contributed by atoms with Gasteiger partial charge in [-0.2, -0.15) is 0 Å². The van der Waals surface area contributed by atoms with Gasteiger partial charge in [-0.25, -0.2) is 14.3 Å². The second kappa shape index (κ2) is 6.71. The van der Waals surface area contributed by atoms with Gasteiger partial charge in [-0.05, 0) is 37.6 Å². The number of hydrogen-bond acceptors (Lipinski definition) is 4. The van der Waals surface area contributed by atoms with E-state index in [2.05, 4.69) is 10.2 Å². The Morgan fingerprint density at radius 3 is 2.71 bits per heavy atom. The second-order valence-corrected chi connectivity index (χ2v) is 5.90. The maximum absolute atomic E-state index is 12.9. The zero-order valence-electron chi connectivity index (χ0n) is 11.8. The van der Waals surface area contributed by atoms with Crippen LogP contribution in [0.15, 0.2) is 34.2 Å². The van der Waals surface area contributed by atoms with Gasteiger partial charge in [0.05, 0.1) is 5.25 Å². The lowest BCUT2D eigenvalue weighted by Gasteiger charge is -2.10. The number of benzene rings is 1. The number of aromatic nitrogens is 3. The molecule has 7 heteroatoms. The van der Waals surface area contributed by atoms with Crippen LogP contribution in [0.4, 0.5) is 4.39 Å². The van der Waals surface area contributed by atoms with Crippen LogP contribution >= 0.6 is 11.8 Å². The number of hydrogen-bond donors (Lipinski definition) is 1. The molecule has 0 saturated heterocycles. The highest BCUT2D eigenvalue weighted by Crippen LogP contribution is 2.23. The van der Waals surface area contributed by atoms with Crippen molar-refractivity contribution >= 4 is 17.5 Å². The van der Waals surface area contributed by atoms with Gasteiger partial charge in [0.1, 0.15) is 5.82 Å². The molecule has 0 aliphatic heterocycles. The van der Waals surface area contributed by atoms with Gasteiger partial charge in [-0.1, -0.05) is 18.7 Å². The molecule has 1 unspecified atom stereocenters. The van der Waals surface area contributed by atoms with Gasteiger partial charge >= 0.3 is 5.69 Å². The number of nitrogens with zero attached hydrogens (tertiary/aromatic N) is 2. The Balaban J connectivity index is 2.14. The summed E-state index contributed by atoms with van der Waals surface area (Å²) < 4.78 is 14.4. The van der Waals surface area contributed by atoms with Crippen LogP contribution < -0.4 is 5.69 Å². The van der Waals surface area contributed by atoms with E-state index >= 15 is 0 Å². The number of aromatic amines is 1. The van der Waals surface area contributed by atoms with Gasteiger partial charge in [0.25, 0.3) is 0 Å². The average Bonchev–Trinajstić information content (AvgIpc) is 2.81. The van der Waals surface area contributed by atoms with E-state index in [4.69, 9.17) is 0 Å². The van der Waals surface area contributed by atoms with Gasteiger partial charge in [0.2, 0.25) is 0 Å². The first kappa shape index (κ1) is 15.5. The van der Waals surface area contributed by atoms with Gasteiger partial charge in [-0.3, -0.25) is 9.36 Å². The molecule has 0 radical (unpaired) electrons. The van der Waals surface area contributed by atoms with Crippen molar-refractivity contribution in [2.24, 2.45) is 0 Å². The predicted molar refractivity (Wildman–Crippen MR) is 79.2 cm³/mol. The SMILES string of the molecule is CCCn1c(SC(C)C(=O)c2ccc(F)cc2)n[nH]c1=O. The first-order valence-corrected chi connectivity index (χ1v) is 7.52. The molecule has 0 saturated carbocycles. The Bertz CT molecular complexity index is 678. The Hall–Kier alpha value is -1.89. The van der Waals surface area contributed by atoms with E-state index in [1.54, 1.807) is 6.92 Å². The smallest absolute Gasteiger partial charge is 0.293 e. The zero-order chi connectivity index (χ0) is 15.4. The number of thioether (sulfide) groups is 1. The number of ketones is 1. The fourth-order valence-corrected chi connectivity index (χ4v) is 2.83. The molecule has 2 aromatic rings. The molecule has 1 atom stereocenters. The first-order valence-electron chi connectivity index (χ1n) is 6.64. The summed E-state index contributed by atoms with van der Waals surface area (Å²) in [5.41, 5.74) is 0.164. The number of H-pyrrole nitrogens is 1. The van der Waals surface area contributed by atoms with Crippen molar-refractivity contribution in [3.05, 3.63) is 46.1 Å². The van der Waals surface area contributed by atoms with Crippen molar-refractivity contribution in [1.29, 1.82) is 0 Å². The van der Waals surface area contributed by atoms with Crippen molar-refractivity contribution in [2.45, 2.75) is 37.2 Å². The summed E-state index contributed by atoms with van der Waals surface area (Å²) >= 11 is 1.22. The third kappa shape index (κ3) is 3.60. The summed E-state index contributed by atoms with van der Waals surface area (Å²) in [6.45, 7) is 4.25. The summed E-state index contributed by atoms with van der Waals surface area (Å²) in [6, 6.07) is 5.43. The molecular formula is C14H16FN3O2S. The van der Waals surface area contributed by atoms with Crippen LogP contribution in [0.2, 0.25) is 0 Å². The molecule has 0 fully saturated rings. The van der Waals surface area contributed by atoms with Crippen molar-refractivity contribution in [1.82, 2.24) is 14.8 Å². The van der Waals surface area contributed by atoms with Crippen LogP contribution in [0.5, 0.6) is 0 Å². The van der Waals surface area contributed by atoms with Crippen LogP contribution in [0.1, 0.15) is 30.6 Å². The molecule has 0 spiro atoms. The second-order valence-electron chi connectivity index (χ2n) is 4.59. The van der Waals surface area contributed by atoms with Crippen molar-refractivity contribution in [3.63, 3.8) is 0 Å². The fraction of sp³-hybridized carbons (Fsp3) is 0.357. The molecule has 21 heavy (non-hydrogen) atoms. The topological polar surface area (TPSA) is 67.8 Å². The maximum atomic E-state index is 12.9. The van der Waals surface area contributed by atoms with E-state index < -0.39 is 5.25 Å². The third-order valence-electron chi connectivity index (χ3n) is 2.95. The molecule has 0 amide bonds. The van der Waals surface area contributed by atoms with Crippen molar-refractivity contribution in [2.75, 3.05) is 0 Å². The lowest BCUT2D eigenvalue weighted by atomic mass is 10.1. The normalized spacial score (nSPS) is 12.3. The zero-order valence-corrected chi connectivity index (χ0v) is 12.6. The van der Waals surface area contributed by atoms with E-state index in [0.29, 0.717) is 17.3 Å². The largest absolute Gasteiger partial charge is 0.343 e. The first-order chi connectivity index (χ1) is 10.0. The minimum atomic E-state index is -0.415. The highest BCUT2D eigenvalue weighted by atomic mass is 32.2. The number of rotatable bonds is 6. The van der Waals surface area contributed by atoms with Crippen molar-refractivity contribution < 1.29 is 9.18 Å². The monoisotopic (exact) mass is 309 g/mol.